The van der Waals surface area contributed by atoms with Gasteiger partial charge in [-0.05, 0) is 43.2 Å². The van der Waals surface area contributed by atoms with Crippen LogP contribution in [0.1, 0.15) is 23.8 Å². The third-order valence-electron chi connectivity index (χ3n) is 2.73. The first-order valence-corrected chi connectivity index (χ1v) is 5.05. The zero-order valence-electron chi connectivity index (χ0n) is 9.20. The summed E-state index contributed by atoms with van der Waals surface area (Å²) in [6.07, 6.45) is 1.48. The highest BCUT2D eigenvalue weighted by atomic mass is 19.1. The lowest BCUT2D eigenvalue weighted by Crippen LogP contribution is -2.22. The van der Waals surface area contributed by atoms with Crippen molar-refractivity contribution in [1.29, 1.82) is 0 Å². The molecule has 1 aromatic carbocycles. The summed E-state index contributed by atoms with van der Waals surface area (Å²) in [6, 6.07) is 8.02. The summed E-state index contributed by atoms with van der Waals surface area (Å²) < 4.78 is 18.6. The predicted molar refractivity (Wildman–Crippen MR) is 58.5 cm³/mol. The minimum Gasteiger partial charge on any atom is -0.466 e. The molecule has 2 aromatic rings. The van der Waals surface area contributed by atoms with E-state index in [4.69, 9.17) is 4.42 Å². The number of hydrogen-bond acceptors (Lipinski definition) is 2. The number of furan rings is 1. The van der Waals surface area contributed by atoms with Gasteiger partial charge in [0.05, 0.1) is 6.26 Å². The van der Waals surface area contributed by atoms with Crippen LogP contribution in [0.25, 0.3) is 0 Å². The van der Waals surface area contributed by atoms with Gasteiger partial charge >= 0.3 is 0 Å². The molecule has 0 aliphatic heterocycles. The third kappa shape index (κ3) is 1.74. The molecule has 2 nitrogen and oxygen atoms in total. The van der Waals surface area contributed by atoms with E-state index < -0.39 is 5.60 Å². The van der Waals surface area contributed by atoms with E-state index in [9.17, 15) is 9.50 Å². The molecule has 0 amide bonds. The summed E-state index contributed by atoms with van der Waals surface area (Å²) >= 11 is 0. The van der Waals surface area contributed by atoms with Gasteiger partial charge in [0.15, 0.2) is 0 Å². The van der Waals surface area contributed by atoms with Crippen molar-refractivity contribution < 1.29 is 13.9 Å². The van der Waals surface area contributed by atoms with Crippen molar-refractivity contribution >= 4 is 0 Å². The average Bonchev–Trinajstić information content (AvgIpc) is 2.75. The van der Waals surface area contributed by atoms with Crippen LogP contribution in [0.2, 0.25) is 0 Å². The Kier molecular flexibility index (Phi) is 2.56. The van der Waals surface area contributed by atoms with Crippen molar-refractivity contribution in [2.75, 3.05) is 0 Å². The van der Waals surface area contributed by atoms with Gasteiger partial charge < -0.3 is 9.52 Å². The largest absolute Gasteiger partial charge is 0.466 e. The minimum atomic E-state index is -1.31. The Morgan fingerprint density at radius 3 is 2.62 bits per heavy atom. The molecule has 2 rings (SSSR count). The van der Waals surface area contributed by atoms with Crippen molar-refractivity contribution in [2.45, 2.75) is 19.4 Å². The molecular formula is C13H13FO2. The Morgan fingerprint density at radius 1 is 1.31 bits per heavy atom. The Balaban J connectivity index is 2.47. The average molecular weight is 220 g/mol. The lowest BCUT2D eigenvalue weighted by Gasteiger charge is -2.21. The van der Waals surface area contributed by atoms with Crippen LogP contribution in [-0.4, -0.2) is 5.11 Å². The first-order chi connectivity index (χ1) is 7.51. The molecule has 16 heavy (non-hydrogen) atoms. The molecule has 0 aliphatic rings. The first-order valence-electron chi connectivity index (χ1n) is 5.05. The molecule has 1 atom stereocenters. The molecule has 0 saturated heterocycles. The SMILES string of the molecule is Cc1ccc(C(C)(O)c2ccco2)cc1F. The minimum absolute atomic E-state index is 0.329. The summed E-state index contributed by atoms with van der Waals surface area (Å²) in [7, 11) is 0. The molecule has 0 saturated carbocycles. The van der Waals surface area contributed by atoms with Crippen LogP contribution in [0.15, 0.2) is 41.0 Å². The van der Waals surface area contributed by atoms with Gasteiger partial charge in [0.2, 0.25) is 0 Å². The molecule has 1 heterocycles. The first kappa shape index (κ1) is 10.9. The van der Waals surface area contributed by atoms with Gasteiger partial charge in [-0.25, -0.2) is 4.39 Å². The van der Waals surface area contributed by atoms with E-state index >= 15 is 0 Å². The van der Waals surface area contributed by atoms with Gasteiger partial charge in [0.25, 0.3) is 0 Å². The van der Waals surface area contributed by atoms with E-state index in [0.717, 1.165) is 0 Å². The summed E-state index contributed by atoms with van der Waals surface area (Å²) in [5.41, 5.74) is -0.276. The Morgan fingerprint density at radius 2 is 2.06 bits per heavy atom. The molecule has 3 heteroatoms. The zero-order valence-corrected chi connectivity index (χ0v) is 9.20. The summed E-state index contributed by atoms with van der Waals surface area (Å²) in [6.45, 7) is 3.26. The molecule has 1 unspecified atom stereocenters. The second-order valence-corrected chi connectivity index (χ2v) is 4.01. The van der Waals surface area contributed by atoms with Crippen LogP contribution in [-0.2, 0) is 5.60 Å². The number of aliphatic hydroxyl groups is 1. The lowest BCUT2D eigenvalue weighted by molar-refractivity contribution is 0.0764. The molecule has 84 valence electrons. The number of halogens is 1. The van der Waals surface area contributed by atoms with E-state index in [0.29, 0.717) is 16.9 Å². The number of benzene rings is 1. The monoisotopic (exact) mass is 220 g/mol. The Hall–Kier alpha value is -1.61. The second kappa shape index (κ2) is 3.76. The predicted octanol–water partition coefficient (Wildman–Crippen LogP) is 2.98. The summed E-state index contributed by atoms with van der Waals surface area (Å²) in [5.74, 6) is 0.0695. The quantitative estimate of drug-likeness (QED) is 0.844. The van der Waals surface area contributed by atoms with E-state index in [1.165, 1.54) is 12.3 Å². The van der Waals surface area contributed by atoms with Gasteiger partial charge in [0, 0.05) is 0 Å². The highest BCUT2D eigenvalue weighted by Gasteiger charge is 2.29. The molecule has 0 bridgehead atoms. The van der Waals surface area contributed by atoms with Crippen LogP contribution >= 0.6 is 0 Å². The van der Waals surface area contributed by atoms with Crippen LogP contribution < -0.4 is 0 Å². The summed E-state index contributed by atoms with van der Waals surface area (Å²) in [5, 5.41) is 10.3. The lowest BCUT2D eigenvalue weighted by atomic mass is 9.92. The maximum atomic E-state index is 13.4. The van der Waals surface area contributed by atoms with E-state index in [-0.39, 0.29) is 5.82 Å². The summed E-state index contributed by atoms with van der Waals surface area (Å²) in [4.78, 5) is 0. The van der Waals surface area contributed by atoms with Crippen LogP contribution in [0.4, 0.5) is 4.39 Å². The van der Waals surface area contributed by atoms with E-state index in [1.807, 2.05) is 0 Å². The molecular weight excluding hydrogens is 207 g/mol. The standard InChI is InChI=1S/C13H13FO2/c1-9-5-6-10(8-11(9)14)13(2,15)12-4-3-7-16-12/h3-8,15H,1-2H3. The Labute approximate surface area is 93.3 Å². The third-order valence-corrected chi connectivity index (χ3v) is 2.73. The molecule has 0 aliphatic carbocycles. The Bertz CT molecular complexity index is 487. The smallest absolute Gasteiger partial charge is 0.144 e. The van der Waals surface area contributed by atoms with Crippen molar-refractivity contribution in [1.82, 2.24) is 0 Å². The van der Waals surface area contributed by atoms with Gasteiger partial charge in [-0.1, -0.05) is 12.1 Å². The van der Waals surface area contributed by atoms with Crippen molar-refractivity contribution in [2.24, 2.45) is 0 Å². The van der Waals surface area contributed by atoms with Gasteiger partial charge in [-0.3, -0.25) is 0 Å². The second-order valence-electron chi connectivity index (χ2n) is 4.01. The van der Waals surface area contributed by atoms with Gasteiger partial charge in [-0.15, -0.1) is 0 Å². The molecule has 0 radical (unpaired) electrons. The number of aryl methyl sites for hydroxylation is 1. The van der Waals surface area contributed by atoms with Crippen LogP contribution in [0.5, 0.6) is 0 Å². The van der Waals surface area contributed by atoms with Crippen LogP contribution in [0.3, 0.4) is 0 Å². The highest BCUT2D eigenvalue weighted by molar-refractivity contribution is 5.32. The molecule has 0 fully saturated rings. The van der Waals surface area contributed by atoms with Gasteiger partial charge in [0.1, 0.15) is 17.2 Å². The zero-order chi connectivity index (χ0) is 11.8. The fourth-order valence-electron chi connectivity index (χ4n) is 1.59. The molecule has 1 N–H and O–H groups in total. The van der Waals surface area contributed by atoms with Crippen molar-refractivity contribution in [3.8, 4) is 0 Å². The van der Waals surface area contributed by atoms with E-state index in [2.05, 4.69) is 0 Å². The van der Waals surface area contributed by atoms with E-state index in [1.54, 1.807) is 38.1 Å². The highest BCUT2D eigenvalue weighted by Crippen LogP contribution is 2.30. The maximum absolute atomic E-state index is 13.4. The van der Waals surface area contributed by atoms with Gasteiger partial charge in [-0.2, -0.15) is 0 Å². The van der Waals surface area contributed by atoms with Crippen LogP contribution in [0, 0.1) is 12.7 Å². The fourth-order valence-corrected chi connectivity index (χ4v) is 1.59. The number of hydrogen-bond donors (Lipinski definition) is 1. The van der Waals surface area contributed by atoms with Crippen molar-refractivity contribution in [3.63, 3.8) is 0 Å². The number of rotatable bonds is 2. The molecule has 0 spiro atoms. The molecule has 1 aromatic heterocycles. The topological polar surface area (TPSA) is 33.4 Å². The maximum Gasteiger partial charge on any atom is 0.144 e. The van der Waals surface area contributed by atoms with Crippen molar-refractivity contribution in [3.05, 3.63) is 59.3 Å². The normalized spacial score (nSPS) is 14.8. The fraction of sp³-hybridized carbons (Fsp3) is 0.231.